The van der Waals surface area contributed by atoms with Crippen LogP contribution in [0.5, 0.6) is 0 Å². The number of halogens is 1. The van der Waals surface area contributed by atoms with Crippen molar-refractivity contribution in [1.82, 2.24) is 14.8 Å². The van der Waals surface area contributed by atoms with Gasteiger partial charge in [-0.25, -0.2) is 9.78 Å². The maximum absolute atomic E-state index is 11.5. The van der Waals surface area contributed by atoms with Gasteiger partial charge < -0.3 is 9.64 Å². The summed E-state index contributed by atoms with van der Waals surface area (Å²) in [4.78, 5) is 18.7. The van der Waals surface area contributed by atoms with Crippen molar-refractivity contribution in [3.8, 4) is 0 Å². The number of ether oxygens (including phenoxy) is 1. The number of aromatic nitrogens is 3. The maximum Gasteiger partial charge on any atom is 0.341 e. The van der Waals surface area contributed by atoms with E-state index in [1.54, 1.807) is 10.9 Å². The van der Waals surface area contributed by atoms with Crippen molar-refractivity contribution in [2.24, 2.45) is 11.8 Å². The molecule has 2 aromatic heterocycles. The number of fused-ring (bicyclic) bond motifs is 1. The second kappa shape index (κ2) is 5.88. The lowest BCUT2D eigenvalue weighted by Gasteiger charge is -2.22. The number of carbonyl (C=O) groups excluding carboxylic acids is 1. The van der Waals surface area contributed by atoms with Crippen molar-refractivity contribution in [2.45, 2.75) is 19.9 Å². The zero-order valence-electron chi connectivity index (χ0n) is 13.7. The fourth-order valence-corrected chi connectivity index (χ4v) is 4.02. The Morgan fingerprint density at radius 1 is 1.42 bits per heavy atom. The third kappa shape index (κ3) is 2.81. The summed E-state index contributed by atoms with van der Waals surface area (Å²) in [7, 11) is 1.37. The minimum atomic E-state index is -0.375. The molecule has 0 amide bonds. The summed E-state index contributed by atoms with van der Waals surface area (Å²) in [5, 5.41) is 4.23. The van der Waals surface area contributed by atoms with Crippen LogP contribution < -0.4 is 4.90 Å². The van der Waals surface area contributed by atoms with E-state index < -0.39 is 0 Å². The van der Waals surface area contributed by atoms with Crippen LogP contribution in [0.25, 0.3) is 0 Å². The zero-order valence-corrected chi connectivity index (χ0v) is 15.3. The molecule has 1 aliphatic heterocycles. The average Bonchev–Trinajstić information content (AvgIpc) is 2.98. The number of esters is 1. The van der Waals surface area contributed by atoms with Crippen molar-refractivity contribution in [3.05, 3.63) is 39.8 Å². The first-order valence-corrected chi connectivity index (χ1v) is 8.86. The number of hydrogen-bond acceptors (Lipinski definition) is 5. The molecular formula is C17H19BrN4O2. The van der Waals surface area contributed by atoms with Gasteiger partial charge in [0.2, 0.25) is 0 Å². The Morgan fingerprint density at radius 3 is 2.88 bits per heavy atom. The molecule has 1 aliphatic carbocycles. The second-order valence-corrected chi connectivity index (χ2v) is 7.47. The predicted octanol–water partition coefficient (Wildman–Crippen LogP) is 2.64. The topological polar surface area (TPSA) is 60.2 Å². The lowest BCUT2D eigenvalue weighted by molar-refractivity contribution is 0.0600. The molecule has 6 nitrogen and oxygen atoms in total. The van der Waals surface area contributed by atoms with Gasteiger partial charge in [0.15, 0.2) is 0 Å². The van der Waals surface area contributed by atoms with Gasteiger partial charge in [0.25, 0.3) is 0 Å². The number of pyridine rings is 1. The van der Waals surface area contributed by atoms with Gasteiger partial charge in [-0.15, -0.1) is 0 Å². The molecule has 1 saturated carbocycles. The number of hydrogen-bond donors (Lipinski definition) is 0. The van der Waals surface area contributed by atoms with Gasteiger partial charge in [-0.3, -0.25) is 4.68 Å². The van der Waals surface area contributed by atoms with E-state index in [0.29, 0.717) is 12.1 Å². The number of rotatable bonds is 4. The molecule has 2 unspecified atom stereocenters. The van der Waals surface area contributed by atoms with Crippen LogP contribution >= 0.6 is 15.9 Å². The molecule has 0 N–H and O–H groups in total. The molecule has 0 aromatic carbocycles. The number of anilines is 1. The summed E-state index contributed by atoms with van der Waals surface area (Å²) in [5.41, 5.74) is 2.52. The molecule has 4 rings (SSSR count). The average molecular weight is 391 g/mol. The molecule has 2 aliphatic rings. The Hall–Kier alpha value is -1.89. The van der Waals surface area contributed by atoms with E-state index in [2.05, 4.69) is 32.0 Å². The van der Waals surface area contributed by atoms with Gasteiger partial charge in [-0.2, -0.15) is 5.10 Å². The van der Waals surface area contributed by atoms with Crippen LogP contribution in [0.2, 0.25) is 0 Å². The molecular weight excluding hydrogens is 372 g/mol. The highest BCUT2D eigenvalue weighted by molar-refractivity contribution is 9.10. The highest BCUT2D eigenvalue weighted by atomic mass is 79.9. The summed E-state index contributed by atoms with van der Waals surface area (Å²) in [6.45, 7) is 4.83. The Morgan fingerprint density at radius 2 is 2.17 bits per heavy atom. The van der Waals surface area contributed by atoms with Crippen LogP contribution in [-0.2, 0) is 11.3 Å². The van der Waals surface area contributed by atoms with E-state index in [9.17, 15) is 4.79 Å². The monoisotopic (exact) mass is 390 g/mol. The molecule has 0 bridgehead atoms. The highest BCUT2D eigenvalue weighted by Crippen LogP contribution is 2.47. The normalized spacial score (nSPS) is 21.7. The Balaban J connectivity index is 1.54. The van der Waals surface area contributed by atoms with Gasteiger partial charge in [-0.1, -0.05) is 0 Å². The van der Waals surface area contributed by atoms with Crippen LogP contribution in [0.15, 0.2) is 22.9 Å². The number of nitrogens with zero attached hydrogens (tertiary/aromatic N) is 4. The van der Waals surface area contributed by atoms with E-state index in [-0.39, 0.29) is 5.97 Å². The van der Waals surface area contributed by atoms with E-state index in [1.165, 1.54) is 19.7 Å². The number of methoxy groups -OCH3 is 1. The summed E-state index contributed by atoms with van der Waals surface area (Å²) < 4.78 is 7.46. The summed E-state index contributed by atoms with van der Waals surface area (Å²) in [6, 6.07) is 2.11. The molecule has 2 atom stereocenters. The van der Waals surface area contributed by atoms with E-state index in [1.807, 2.05) is 6.92 Å². The minimum Gasteiger partial charge on any atom is -0.465 e. The summed E-state index contributed by atoms with van der Waals surface area (Å²) in [6.07, 6.45) is 4.60. The molecule has 3 heterocycles. The molecule has 1 saturated heterocycles. The first kappa shape index (κ1) is 15.6. The first-order chi connectivity index (χ1) is 11.5. The third-order valence-electron chi connectivity index (χ3n) is 4.92. The smallest absolute Gasteiger partial charge is 0.341 e. The summed E-state index contributed by atoms with van der Waals surface area (Å²) >= 11 is 3.67. The van der Waals surface area contributed by atoms with Crippen molar-refractivity contribution in [2.75, 3.05) is 25.1 Å². The molecule has 2 aromatic rings. The molecule has 0 radical (unpaired) electrons. The zero-order chi connectivity index (χ0) is 16.8. The largest absolute Gasteiger partial charge is 0.465 e. The SMILES string of the molecule is COC(=O)c1cnn(Cc2cc(Br)c(N3CC4CC4C3)nc2C)c1. The standard InChI is InChI=1S/C17H19BrN4O2/c1-10-11(8-22-9-14(5-19-22)17(23)24-2)4-15(18)16(20-10)21-6-12-3-13(12)7-21/h4-5,9,12-13H,3,6-8H2,1-2H3. The second-order valence-electron chi connectivity index (χ2n) is 6.62. The quantitative estimate of drug-likeness (QED) is 0.750. The highest BCUT2D eigenvalue weighted by Gasteiger charge is 2.45. The van der Waals surface area contributed by atoms with Crippen LogP contribution in [0, 0.1) is 18.8 Å². The predicted molar refractivity (Wildman–Crippen MR) is 93.2 cm³/mol. The van der Waals surface area contributed by atoms with Crippen LogP contribution in [0.3, 0.4) is 0 Å². The van der Waals surface area contributed by atoms with Crippen LogP contribution in [-0.4, -0.2) is 40.9 Å². The van der Waals surface area contributed by atoms with Crippen molar-refractivity contribution < 1.29 is 9.53 Å². The van der Waals surface area contributed by atoms with Gasteiger partial charge >= 0.3 is 5.97 Å². The third-order valence-corrected chi connectivity index (χ3v) is 5.50. The van der Waals surface area contributed by atoms with Gasteiger partial charge in [0.05, 0.1) is 29.9 Å². The molecule has 2 fully saturated rings. The lowest BCUT2D eigenvalue weighted by Crippen LogP contribution is -2.24. The first-order valence-electron chi connectivity index (χ1n) is 8.07. The van der Waals surface area contributed by atoms with Crippen molar-refractivity contribution >= 4 is 27.7 Å². The van der Waals surface area contributed by atoms with Gasteiger partial charge in [0.1, 0.15) is 5.82 Å². The Kier molecular flexibility index (Phi) is 3.83. The summed E-state index contributed by atoms with van der Waals surface area (Å²) in [5.74, 6) is 2.42. The molecule has 126 valence electrons. The Labute approximate surface area is 148 Å². The fourth-order valence-electron chi connectivity index (χ4n) is 3.41. The lowest BCUT2D eigenvalue weighted by atomic mass is 10.2. The molecule has 7 heteroatoms. The molecule has 0 spiro atoms. The molecule has 24 heavy (non-hydrogen) atoms. The van der Waals surface area contributed by atoms with Crippen molar-refractivity contribution in [1.29, 1.82) is 0 Å². The van der Waals surface area contributed by atoms with E-state index >= 15 is 0 Å². The van der Waals surface area contributed by atoms with E-state index in [0.717, 1.165) is 46.5 Å². The van der Waals surface area contributed by atoms with Crippen molar-refractivity contribution in [3.63, 3.8) is 0 Å². The number of piperidine rings is 1. The minimum absolute atomic E-state index is 0.375. The maximum atomic E-state index is 11.5. The van der Waals surface area contributed by atoms with Gasteiger partial charge in [-0.05, 0) is 52.7 Å². The van der Waals surface area contributed by atoms with Gasteiger partial charge in [0, 0.05) is 25.0 Å². The fraction of sp³-hybridized carbons (Fsp3) is 0.471. The van der Waals surface area contributed by atoms with E-state index in [4.69, 9.17) is 9.72 Å². The Bertz CT molecular complexity index is 794. The van der Waals surface area contributed by atoms with Crippen LogP contribution in [0.1, 0.15) is 28.0 Å². The van der Waals surface area contributed by atoms with Crippen LogP contribution in [0.4, 0.5) is 5.82 Å². The number of aryl methyl sites for hydroxylation is 1. The number of carbonyl (C=O) groups is 1.